The second kappa shape index (κ2) is 7.55. The average Bonchev–Trinajstić information content (AvgIpc) is 2.55. The maximum absolute atomic E-state index is 14.0. The minimum atomic E-state index is -3.76. The van der Waals surface area contributed by atoms with E-state index in [4.69, 9.17) is 0 Å². The number of sulfonamides is 1. The van der Waals surface area contributed by atoms with E-state index in [0.717, 1.165) is 30.2 Å². The highest BCUT2D eigenvalue weighted by atomic mass is 32.2. The van der Waals surface area contributed by atoms with Gasteiger partial charge in [-0.3, -0.25) is 4.79 Å². The summed E-state index contributed by atoms with van der Waals surface area (Å²) in [5.41, 5.74) is 1.23. The highest BCUT2D eigenvalue weighted by molar-refractivity contribution is 7.89. The third-order valence-corrected chi connectivity index (χ3v) is 4.96. The van der Waals surface area contributed by atoms with Crippen LogP contribution in [0.15, 0.2) is 47.4 Å². The van der Waals surface area contributed by atoms with Crippen molar-refractivity contribution in [2.75, 3.05) is 11.9 Å². The Balaban J connectivity index is 2.32. The Morgan fingerprint density at radius 2 is 1.88 bits per heavy atom. The normalized spacial score (nSPS) is 11.3. The molecule has 0 spiro atoms. The zero-order chi connectivity index (χ0) is 17.7. The number of nitrogens with one attached hydrogen (secondary N) is 2. The van der Waals surface area contributed by atoms with E-state index in [1.807, 2.05) is 13.0 Å². The summed E-state index contributed by atoms with van der Waals surface area (Å²) in [5, 5.41) is 2.59. The third kappa shape index (κ3) is 4.18. The van der Waals surface area contributed by atoms with E-state index in [1.54, 1.807) is 25.1 Å². The molecule has 7 heteroatoms. The molecule has 0 aliphatic rings. The van der Waals surface area contributed by atoms with Gasteiger partial charge in [0, 0.05) is 12.2 Å². The van der Waals surface area contributed by atoms with Crippen LogP contribution in [-0.2, 0) is 16.4 Å². The Labute approximate surface area is 141 Å². The molecule has 2 rings (SSSR count). The molecule has 5 nitrogen and oxygen atoms in total. The van der Waals surface area contributed by atoms with E-state index >= 15 is 0 Å². The highest BCUT2D eigenvalue weighted by Crippen LogP contribution is 2.18. The number of amides is 1. The van der Waals surface area contributed by atoms with Crippen LogP contribution < -0.4 is 10.0 Å². The molecule has 2 N–H and O–H groups in total. The summed E-state index contributed by atoms with van der Waals surface area (Å²) < 4.78 is 40.3. The predicted octanol–water partition coefficient (Wildman–Crippen LogP) is 2.94. The fourth-order valence-electron chi connectivity index (χ4n) is 2.19. The molecule has 2 aromatic rings. The van der Waals surface area contributed by atoms with Gasteiger partial charge in [-0.05, 0) is 42.3 Å². The molecule has 1 amide bonds. The number of carbonyl (C=O) groups excluding carboxylic acids is 1. The summed E-state index contributed by atoms with van der Waals surface area (Å²) in [6.45, 7) is 3.82. The van der Waals surface area contributed by atoms with Crippen molar-refractivity contribution in [3.05, 3.63) is 59.4 Å². The number of hydrogen-bond donors (Lipinski definition) is 2. The third-order valence-electron chi connectivity index (χ3n) is 3.42. The van der Waals surface area contributed by atoms with E-state index in [-0.39, 0.29) is 17.0 Å². The number of anilines is 1. The monoisotopic (exact) mass is 350 g/mol. The number of rotatable bonds is 6. The predicted molar refractivity (Wildman–Crippen MR) is 91.0 cm³/mol. The first-order valence-electron chi connectivity index (χ1n) is 7.57. The molecule has 0 aliphatic heterocycles. The van der Waals surface area contributed by atoms with Crippen LogP contribution in [0.2, 0.25) is 0 Å². The molecule has 0 saturated carbocycles. The second-order valence-corrected chi connectivity index (χ2v) is 6.92. The Morgan fingerprint density at radius 3 is 2.54 bits per heavy atom. The second-order valence-electron chi connectivity index (χ2n) is 5.15. The van der Waals surface area contributed by atoms with Crippen LogP contribution in [-0.4, -0.2) is 20.9 Å². The molecule has 0 atom stereocenters. The van der Waals surface area contributed by atoms with Gasteiger partial charge in [0.2, 0.25) is 10.0 Å². The number of benzene rings is 2. The van der Waals surface area contributed by atoms with Crippen LogP contribution in [0.4, 0.5) is 10.1 Å². The fraction of sp³-hybridized carbons (Fsp3) is 0.235. The van der Waals surface area contributed by atoms with Crippen molar-refractivity contribution in [1.29, 1.82) is 0 Å². The summed E-state index contributed by atoms with van der Waals surface area (Å²) in [4.78, 5) is 12.2. The van der Waals surface area contributed by atoms with Crippen molar-refractivity contribution in [3.8, 4) is 0 Å². The van der Waals surface area contributed by atoms with Crippen LogP contribution in [0.5, 0.6) is 0 Å². The zero-order valence-corrected chi connectivity index (χ0v) is 14.3. The Kier molecular flexibility index (Phi) is 5.69. The molecule has 0 unspecified atom stereocenters. The standard InChI is InChI=1S/C17H19FN2O3S/c1-3-12-6-5-7-13(10-12)20-17(21)15-11-14(8-9-16(15)18)24(22,23)19-4-2/h5-11,19H,3-4H2,1-2H3,(H,20,21). The molecule has 0 saturated heterocycles. The van der Waals surface area contributed by atoms with Gasteiger partial charge < -0.3 is 5.32 Å². The first-order chi connectivity index (χ1) is 11.4. The molecule has 0 aromatic heterocycles. The maximum atomic E-state index is 14.0. The zero-order valence-electron chi connectivity index (χ0n) is 13.5. The summed E-state index contributed by atoms with van der Waals surface area (Å²) in [6, 6.07) is 10.3. The van der Waals surface area contributed by atoms with Crippen molar-refractivity contribution >= 4 is 21.6 Å². The Morgan fingerprint density at radius 1 is 1.12 bits per heavy atom. The van der Waals surface area contributed by atoms with Crippen molar-refractivity contribution in [1.82, 2.24) is 4.72 Å². The summed E-state index contributed by atoms with van der Waals surface area (Å²) in [5.74, 6) is -1.48. The van der Waals surface area contributed by atoms with Gasteiger partial charge in [-0.25, -0.2) is 17.5 Å². The quantitative estimate of drug-likeness (QED) is 0.841. The van der Waals surface area contributed by atoms with Crippen LogP contribution in [0.1, 0.15) is 29.8 Å². The fourth-order valence-corrected chi connectivity index (χ4v) is 3.25. The van der Waals surface area contributed by atoms with Crippen LogP contribution in [0.25, 0.3) is 0 Å². The minimum absolute atomic E-state index is 0.154. The summed E-state index contributed by atoms with van der Waals surface area (Å²) >= 11 is 0. The highest BCUT2D eigenvalue weighted by Gasteiger charge is 2.19. The van der Waals surface area contributed by atoms with Crippen molar-refractivity contribution in [2.24, 2.45) is 0 Å². The molecule has 0 radical (unpaired) electrons. The average molecular weight is 350 g/mol. The largest absolute Gasteiger partial charge is 0.322 e. The first-order valence-corrected chi connectivity index (χ1v) is 9.05. The van der Waals surface area contributed by atoms with Gasteiger partial charge in [0.05, 0.1) is 10.5 Å². The lowest BCUT2D eigenvalue weighted by Crippen LogP contribution is -2.24. The lowest BCUT2D eigenvalue weighted by atomic mass is 10.1. The topological polar surface area (TPSA) is 75.3 Å². The SMILES string of the molecule is CCNS(=O)(=O)c1ccc(F)c(C(=O)Nc2cccc(CC)c2)c1. The van der Waals surface area contributed by atoms with Crippen molar-refractivity contribution < 1.29 is 17.6 Å². The van der Waals surface area contributed by atoms with Gasteiger partial charge >= 0.3 is 0 Å². The molecular weight excluding hydrogens is 331 g/mol. The van der Waals surface area contributed by atoms with Gasteiger partial charge in [0.15, 0.2) is 0 Å². The van der Waals surface area contributed by atoms with Crippen molar-refractivity contribution in [2.45, 2.75) is 25.2 Å². The van der Waals surface area contributed by atoms with E-state index in [1.165, 1.54) is 0 Å². The summed E-state index contributed by atoms with van der Waals surface area (Å²) in [6.07, 6.45) is 0.800. The molecule has 0 bridgehead atoms. The number of aryl methyl sites for hydroxylation is 1. The molecule has 0 heterocycles. The van der Waals surface area contributed by atoms with Gasteiger partial charge in [-0.1, -0.05) is 26.0 Å². The Hall–Kier alpha value is -2.25. The first kappa shape index (κ1) is 18.1. The lowest BCUT2D eigenvalue weighted by molar-refractivity contribution is 0.102. The molecule has 0 fully saturated rings. The molecule has 0 aliphatic carbocycles. The van der Waals surface area contributed by atoms with Crippen LogP contribution in [0.3, 0.4) is 0 Å². The number of carbonyl (C=O) groups is 1. The van der Waals surface area contributed by atoms with Crippen molar-refractivity contribution in [3.63, 3.8) is 0 Å². The molecule has 2 aromatic carbocycles. The van der Waals surface area contributed by atoms with Gasteiger partial charge in [0.1, 0.15) is 5.82 Å². The lowest BCUT2D eigenvalue weighted by Gasteiger charge is -2.10. The van der Waals surface area contributed by atoms with Gasteiger partial charge in [-0.15, -0.1) is 0 Å². The van der Waals surface area contributed by atoms with E-state index < -0.39 is 21.7 Å². The van der Waals surface area contributed by atoms with Gasteiger partial charge in [-0.2, -0.15) is 0 Å². The molecule has 128 valence electrons. The maximum Gasteiger partial charge on any atom is 0.258 e. The van der Waals surface area contributed by atoms with Crippen LogP contribution in [0, 0.1) is 5.82 Å². The molecule has 24 heavy (non-hydrogen) atoms. The van der Waals surface area contributed by atoms with E-state index in [0.29, 0.717) is 5.69 Å². The van der Waals surface area contributed by atoms with Crippen LogP contribution >= 0.6 is 0 Å². The minimum Gasteiger partial charge on any atom is -0.322 e. The van der Waals surface area contributed by atoms with E-state index in [9.17, 15) is 17.6 Å². The Bertz CT molecular complexity index is 851. The van der Waals surface area contributed by atoms with Gasteiger partial charge in [0.25, 0.3) is 5.91 Å². The molecular formula is C17H19FN2O3S. The summed E-state index contributed by atoms with van der Waals surface area (Å²) in [7, 11) is -3.76. The number of halogens is 1. The smallest absolute Gasteiger partial charge is 0.258 e. The number of hydrogen-bond acceptors (Lipinski definition) is 3. The van der Waals surface area contributed by atoms with E-state index in [2.05, 4.69) is 10.0 Å².